The smallest absolute Gasteiger partial charge is 0.311 e. The van der Waals surface area contributed by atoms with Crippen molar-refractivity contribution < 1.29 is 14.3 Å². The quantitative estimate of drug-likeness (QED) is 0.657. The monoisotopic (exact) mass is 420 g/mol. The van der Waals surface area contributed by atoms with Gasteiger partial charge in [-0.25, -0.2) is 4.39 Å². The molecule has 150 valence electrons. The topological polar surface area (TPSA) is 71.7 Å². The second kappa shape index (κ2) is 7.18. The van der Waals surface area contributed by atoms with Gasteiger partial charge in [-0.3, -0.25) is 19.1 Å². The maximum absolute atomic E-state index is 14.6. The first kappa shape index (κ1) is 18.7. The molecule has 5 rings (SSSR count). The van der Waals surface area contributed by atoms with Crippen LogP contribution in [0.2, 0.25) is 0 Å². The zero-order chi connectivity index (χ0) is 20.8. The molecule has 3 aromatic rings. The van der Waals surface area contributed by atoms with E-state index in [-0.39, 0.29) is 23.1 Å². The second-order valence-electron chi connectivity index (χ2n) is 7.40. The molecule has 7 heteroatoms. The molecule has 2 aromatic carbocycles. The number of allylic oxidation sites excluding steroid dienone is 1. The van der Waals surface area contributed by atoms with Crippen molar-refractivity contribution in [3.63, 3.8) is 0 Å². The average Bonchev–Trinajstić information content (AvgIpc) is 3.47. The van der Waals surface area contributed by atoms with Gasteiger partial charge in [-0.15, -0.1) is 0 Å². The van der Waals surface area contributed by atoms with Gasteiger partial charge in [0, 0.05) is 28.8 Å². The SMILES string of the molecule is O=C(C1CC1)C(c1ccccc1F)n1c(O)c(/C=C2\C=Nc3ccccc32)sc1=O. The Morgan fingerprint density at radius 3 is 2.70 bits per heavy atom. The first-order valence-corrected chi connectivity index (χ1v) is 10.4. The van der Waals surface area contributed by atoms with E-state index in [2.05, 4.69) is 4.99 Å². The Balaban J connectivity index is 1.63. The fourth-order valence-corrected chi connectivity index (χ4v) is 4.57. The highest BCUT2D eigenvalue weighted by Gasteiger charge is 2.39. The minimum atomic E-state index is -1.18. The summed E-state index contributed by atoms with van der Waals surface area (Å²) in [5.41, 5.74) is 2.55. The lowest BCUT2D eigenvalue weighted by molar-refractivity contribution is -0.122. The van der Waals surface area contributed by atoms with Gasteiger partial charge in [-0.05, 0) is 31.1 Å². The van der Waals surface area contributed by atoms with E-state index in [4.69, 9.17) is 0 Å². The molecule has 0 radical (unpaired) electrons. The van der Waals surface area contributed by atoms with E-state index < -0.39 is 16.7 Å². The Morgan fingerprint density at radius 2 is 1.93 bits per heavy atom. The molecule has 0 spiro atoms. The van der Waals surface area contributed by atoms with E-state index >= 15 is 0 Å². The van der Waals surface area contributed by atoms with Gasteiger partial charge in [0.25, 0.3) is 0 Å². The molecule has 1 N–H and O–H groups in total. The summed E-state index contributed by atoms with van der Waals surface area (Å²) in [6.07, 6.45) is 4.77. The van der Waals surface area contributed by atoms with E-state index in [9.17, 15) is 19.1 Å². The molecule has 2 heterocycles. The predicted octanol–water partition coefficient (Wildman–Crippen LogP) is 4.58. The van der Waals surface area contributed by atoms with E-state index in [1.54, 1.807) is 18.4 Å². The van der Waals surface area contributed by atoms with Gasteiger partial charge in [-0.2, -0.15) is 0 Å². The van der Waals surface area contributed by atoms with Crippen LogP contribution in [-0.2, 0) is 4.79 Å². The van der Waals surface area contributed by atoms with Gasteiger partial charge < -0.3 is 5.11 Å². The molecule has 1 unspecified atom stereocenters. The first-order valence-electron chi connectivity index (χ1n) is 9.62. The number of aliphatic imine (C=N–C) groups is 1. The lowest BCUT2D eigenvalue weighted by Gasteiger charge is -2.18. The maximum Gasteiger partial charge on any atom is 0.311 e. The van der Waals surface area contributed by atoms with Crippen LogP contribution in [0.15, 0.2) is 58.3 Å². The summed E-state index contributed by atoms with van der Waals surface area (Å²) in [6, 6.07) is 12.3. The Morgan fingerprint density at radius 1 is 1.20 bits per heavy atom. The van der Waals surface area contributed by atoms with Gasteiger partial charge in [0.15, 0.2) is 5.78 Å². The number of para-hydroxylation sites is 1. The Hall–Kier alpha value is -3.32. The molecule has 1 aromatic heterocycles. The summed E-state index contributed by atoms with van der Waals surface area (Å²) in [4.78, 5) is 30.0. The largest absolute Gasteiger partial charge is 0.493 e. The number of nitrogens with zero attached hydrogens (tertiary/aromatic N) is 2. The van der Waals surface area contributed by atoms with Gasteiger partial charge in [0.05, 0.1) is 10.6 Å². The highest BCUT2D eigenvalue weighted by molar-refractivity contribution is 7.10. The molecule has 2 aliphatic rings. The molecular weight excluding hydrogens is 403 g/mol. The van der Waals surface area contributed by atoms with Crippen molar-refractivity contribution in [3.05, 3.63) is 80.0 Å². The van der Waals surface area contributed by atoms with Gasteiger partial charge in [0.1, 0.15) is 11.9 Å². The number of carbonyl (C=O) groups excluding carboxylic acids is 1. The number of thiazole rings is 1. The highest BCUT2D eigenvalue weighted by atomic mass is 32.1. The van der Waals surface area contributed by atoms with Crippen molar-refractivity contribution in [1.29, 1.82) is 0 Å². The van der Waals surface area contributed by atoms with Gasteiger partial charge in [-0.1, -0.05) is 47.7 Å². The minimum Gasteiger partial charge on any atom is -0.493 e. The fraction of sp³-hybridized carbons (Fsp3) is 0.174. The third-order valence-corrected chi connectivity index (χ3v) is 6.29. The number of hydrogen-bond acceptors (Lipinski definition) is 5. The van der Waals surface area contributed by atoms with Crippen LogP contribution >= 0.6 is 11.3 Å². The molecule has 30 heavy (non-hydrogen) atoms. The summed E-state index contributed by atoms with van der Waals surface area (Å²) in [5, 5.41) is 10.9. The lowest BCUT2D eigenvalue weighted by atomic mass is 9.99. The highest BCUT2D eigenvalue weighted by Crippen LogP contribution is 2.40. The molecule has 0 saturated heterocycles. The second-order valence-corrected chi connectivity index (χ2v) is 8.39. The van der Waals surface area contributed by atoms with Crippen molar-refractivity contribution >= 4 is 40.7 Å². The number of halogens is 1. The van der Waals surface area contributed by atoms with Crippen LogP contribution in [0.3, 0.4) is 0 Å². The lowest BCUT2D eigenvalue weighted by Crippen LogP contribution is -2.29. The molecule has 0 bridgehead atoms. The first-order chi connectivity index (χ1) is 14.5. The molecule has 1 atom stereocenters. The molecule has 1 fully saturated rings. The Bertz CT molecular complexity index is 1280. The van der Waals surface area contributed by atoms with Crippen LogP contribution in [0.25, 0.3) is 11.6 Å². The number of benzene rings is 2. The number of hydrogen-bond donors (Lipinski definition) is 1. The number of ketones is 1. The molecule has 0 amide bonds. The van der Waals surface area contributed by atoms with Crippen molar-refractivity contribution in [2.45, 2.75) is 18.9 Å². The van der Waals surface area contributed by atoms with Gasteiger partial charge >= 0.3 is 4.87 Å². The maximum atomic E-state index is 14.6. The van der Waals surface area contributed by atoms with E-state index in [1.807, 2.05) is 24.3 Å². The number of carbonyl (C=O) groups is 1. The van der Waals surface area contributed by atoms with Crippen LogP contribution in [-0.4, -0.2) is 21.7 Å². The third kappa shape index (κ3) is 3.11. The number of aromatic hydroxyl groups is 1. The molecule has 5 nitrogen and oxygen atoms in total. The molecule has 1 aliphatic heterocycles. The number of aromatic nitrogens is 1. The molecule has 1 saturated carbocycles. The zero-order valence-electron chi connectivity index (χ0n) is 15.8. The van der Waals surface area contributed by atoms with E-state index in [0.29, 0.717) is 17.7 Å². The van der Waals surface area contributed by atoms with Crippen LogP contribution in [0.1, 0.15) is 34.9 Å². The molecular formula is C23H17FN2O3S. The summed E-state index contributed by atoms with van der Waals surface area (Å²) >= 11 is 0.826. The summed E-state index contributed by atoms with van der Waals surface area (Å²) in [7, 11) is 0. The zero-order valence-corrected chi connectivity index (χ0v) is 16.6. The number of fused-ring (bicyclic) bond motifs is 1. The summed E-state index contributed by atoms with van der Waals surface area (Å²) in [6.45, 7) is 0. The van der Waals surface area contributed by atoms with E-state index in [1.165, 1.54) is 18.2 Å². The van der Waals surface area contributed by atoms with Crippen molar-refractivity contribution in [2.75, 3.05) is 0 Å². The number of Topliss-reactive ketones (excluding diaryl/α,β-unsaturated/α-hetero) is 1. The number of rotatable bonds is 5. The summed E-state index contributed by atoms with van der Waals surface area (Å²) in [5.74, 6) is -1.37. The van der Waals surface area contributed by atoms with Crippen molar-refractivity contribution in [3.8, 4) is 5.88 Å². The Kier molecular flexibility index (Phi) is 4.47. The van der Waals surface area contributed by atoms with Crippen molar-refractivity contribution in [1.82, 2.24) is 4.57 Å². The van der Waals surface area contributed by atoms with Crippen LogP contribution in [0.5, 0.6) is 5.88 Å². The van der Waals surface area contributed by atoms with Crippen LogP contribution in [0.4, 0.5) is 10.1 Å². The predicted molar refractivity (Wildman–Crippen MR) is 115 cm³/mol. The standard InChI is InChI=1S/C23H17FN2O3S/c24-17-7-3-1-6-16(17)20(21(27)13-9-10-13)26-22(28)19(30-23(26)29)11-14-12-25-18-8-4-2-5-15(14)18/h1-8,11-13,20,28H,9-10H2/b14-11+. The minimum absolute atomic E-state index is 0.0941. The van der Waals surface area contributed by atoms with Gasteiger partial charge in [0.2, 0.25) is 5.88 Å². The summed E-state index contributed by atoms with van der Waals surface area (Å²) < 4.78 is 15.6. The van der Waals surface area contributed by atoms with Crippen molar-refractivity contribution in [2.24, 2.45) is 10.9 Å². The Labute approximate surface area is 175 Å². The molecule has 1 aliphatic carbocycles. The fourth-order valence-electron chi connectivity index (χ4n) is 3.72. The van der Waals surface area contributed by atoms with Crippen LogP contribution in [0, 0.1) is 11.7 Å². The van der Waals surface area contributed by atoms with E-state index in [0.717, 1.165) is 32.7 Å². The van der Waals surface area contributed by atoms with Crippen LogP contribution < -0.4 is 4.87 Å². The normalized spacial score (nSPS) is 17.3. The average molecular weight is 420 g/mol. The third-order valence-electron chi connectivity index (χ3n) is 5.39.